The zero-order valence-corrected chi connectivity index (χ0v) is 25.5. The Bertz CT molecular complexity index is 2290. The summed E-state index contributed by atoms with van der Waals surface area (Å²) in [6.45, 7) is 9.46. The zero-order valence-electron chi connectivity index (χ0n) is 25.5. The van der Waals surface area contributed by atoms with Gasteiger partial charge < -0.3 is 9.47 Å². The van der Waals surface area contributed by atoms with Crippen LogP contribution in [0.1, 0.15) is 49.9 Å². The Labute approximate surface area is 258 Å². The van der Waals surface area contributed by atoms with Crippen LogP contribution in [0, 0.1) is 0 Å². The fourth-order valence-corrected chi connectivity index (χ4v) is 7.96. The summed E-state index contributed by atoms with van der Waals surface area (Å²) in [5.74, 6) is 0. The van der Waals surface area contributed by atoms with Crippen molar-refractivity contribution in [1.82, 2.24) is 9.55 Å². The first-order valence-corrected chi connectivity index (χ1v) is 15.5. The quantitative estimate of drug-likeness (QED) is 0.207. The minimum atomic E-state index is -0.154. The fraction of sp³-hybridized carbons (Fsp3) is 0.146. The van der Waals surface area contributed by atoms with Gasteiger partial charge in [0.05, 0.1) is 34.3 Å². The lowest BCUT2D eigenvalue weighted by molar-refractivity contribution is 0.630. The normalized spacial score (nSPS) is 15.6. The van der Waals surface area contributed by atoms with Crippen molar-refractivity contribution in [3.05, 3.63) is 150 Å². The van der Waals surface area contributed by atoms with Gasteiger partial charge in [0.2, 0.25) is 0 Å². The molecular formula is C41H33N3. The molecule has 2 aliphatic rings. The molecule has 0 bridgehead atoms. The van der Waals surface area contributed by atoms with Crippen LogP contribution in [-0.2, 0) is 10.8 Å². The van der Waals surface area contributed by atoms with E-state index in [-0.39, 0.29) is 10.8 Å². The second-order valence-electron chi connectivity index (χ2n) is 13.3. The standard InChI is InChI=1S/C41H33N3/c1-40(2)31-14-8-9-16-35(31)43(28-11-6-5-7-12-28)36-19-17-26(23-33(36)40)27-18-20-37-34(24-27)41(3,4)32-15-10-13-30-29-21-22-42-25-38(29)44(37)39(30)32/h5-25H,1-4H3. The molecule has 212 valence electrons. The van der Waals surface area contributed by atoms with Crippen LogP contribution in [0.25, 0.3) is 38.6 Å². The highest BCUT2D eigenvalue weighted by Gasteiger charge is 2.38. The molecule has 0 amide bonds. The van der Waals surface area contributed by atoms with Crippen LogP contribution >= 0.6 is 0 Å². The van der Waals surface area contributed by atoms with E-state index in [1.54, 1.807) is 0 Å². The van der Waals surface area contributed by atoms with E-state index in [0.717, 1.165) is 5.52 Å². The van der Waals surface area contributed by atoms with Crippen LogP contribution in [0.3, 0.4) is 0 Å². The highest BCUT2D eigenvalue weighted by Crippen LogP contribution is 2.53. The molecule has 4 heterocycles. The van der Waals surface area contributed by atoms with Gasteiger partial charge >= 0.3 is 0 Å². The van der Waals surface area contributed by atoms with E-state index in [1.165, 1.54) is 72.4 Å². The summed E-state index contributed by atoms with van der Waals surface area (Å²) in [5.41, 5.74) is 14.9. The minimum Gasteiger partial charge on any atom is -0.310 e. The third kappa shape index (κ3) is 3.24. The Morgan fingerprint density at radius 3 is 1.95 bits per heavy atom. The van der Waals surface area contributed by atoms with E-state index in [0.29, 0.717) is 0 Å². The molecule has 2 aromatic heterocycles. The number of pyridine rings is 1. The summed E-state index contributed by atoms with van der Waals surface area (Å²) in [5, 5.41) is 2.55. The van der Waals surface area contributed by atoms with E-state index in [2.05, 4.69) is 157 Å². The van der Waals surface area contributed by atoms with Crippen molar-refractivity contribution in [2.45, 2.75) is 38.5 Å². The lowest BCUT2D eigenvalue weighted by atomic mass is 9.72. The first kappa shape index (κ1) is 25.4. The molecule has 0 saturated heterocycles. The average molecular weight is 568 g/mol. The number of anilines is 3. The summed E-state index contributed by atoms with van der Waals surface area (Å²) in [7, 11) is 0. The Morgan fingerprint density at radius 1 is 0.523 bits per heavy atom. The number of hydrogen-bond donors (Lipinski definition) is 0. The van der Waals surface area contributed by atoms with Crippen LogP contribution in [0.5, 0.6) is 0 Å². The molecule has 0 aliphatic carbocycles. The molecule has 0 radical (unpaired) electrons. The predicted molar refractivity (Wildman–Crippen MR) is 183 cm³/mol. The monoisotopic (exact) mass is 567 g/mol. The summed E-state index contributed by atoms with van der Waals surface area (Å²) in [4.78, 5) is 6.94. The highest BCUT2D eigenvalue weighted by atomic mass is 15.2. The Balaban J connectivity index is 1.25. The van der Waals surface area contributed by atoms with Gasteiger partial charge in [-0.1, -0.05) is 94.4 Å². The summed E-state index contributed by atoms with van der Waals surface area (Å²) in [6, 6.07) is 42.6. The maximum atomic E-state index is 4.52. The van der Waals surface area contributed by atoms with Crippen molar-refractivity contribution in [3.8, 4) is 16.8 Å². The fourth-order valence-electron chi connectivity index (χ4n) is 7.96. The van der Waals surface area contributed by atoms with E-state index in [9.17, 15) is 0 Å². The smallest absolute Gasteiger partial charge is 0.0724 e. The first-order valence-electron chi connectivity index (χ1n) is 15.5. The molecule has 5 aromatic carbocycles. The summed E-state index contributed by atoms with van der Waals surface area (Å²) in [6.07, 6.45) is 3.91. The number of hydrogen-bond acceptors (Lipinski definition) is 2. The molecule has 3 nitrogen and oxygen atoms in total. The molecule has 2 aliphatic heterocycles. The highest BCUT2D eigenvalue weighted by molar-refractivity contribution is 6.11. The number of aromatic nitrogens is 2. The molecule has 44 heavy (non-hydrogen) atoms. The van der Waals surface area contributed by atoms with Crippen molar-refractivity contribution in [3.63, 3.8) is 0 Å². The minimum absolute atomic E-state index is 0.150. The molecular weight excluding hydrogens is 534 g/mol. The maximum Gasteiger partial charge on any atom is 0.0724 e. The third-order valence-electron chi connectivity index (χ3n) is 10.3. The molecule has 0 saturated carbocycles. The second kappa shape index (κ2) is 8.70. The topological polar surface area (TPSA) is 21.1 Å². The molecule has 0 unspecified atom stereocenters. The van der Waals surface area contributed by atoms with Crippen molar-refractivity contribution in [2.24, 2.45) is 0 Å². The van der Waals surface area contributed by atoms with Gasteiger partial charge in [0.15, 0.2) is 0 Å². The van der Waals surface area contributed by atoms with Crippen LogP contribution < -0.4 is 4.90 Å². The first-order chi connectivity index (χ1) is 21.4. The molecule has 0 N–H and O–H groups in total. The summed E-state index contributed by atoms with van der Waals surface area (Å²) >= 11 is 0. The molecule has 0 fully saturated rings. The molecule has 7 aromatic rings. The van der Waals surface area contributed by atoms with Crippen molar-refractivity contribution in [1.29, 1.82) is 0 Å². The van der Waals surface area contributed by atoms with Gasteiger partial charge in [-0.25, -0.2) is 0 Å². The molecule has 0 spiro atoms. The van der Waals surface area contributed by atoms with Crippen molar-refractivity contribution in [2.75, 3.05) is 4.90 Å². The number of para-hydroxylation sites is 3. The van der Waals surface area contributed by atoms with Gasteiger partial charge in [-0.2, -0.15) is 0 Å². The third-order valence-corrected chi connectivity index (χ3v) is 10.3. The Hall–Kier alpha value is -5.15. The maximum absolute atomic E-state index is 4.52. The molecule has 0 atom stereocenters. The van der Waals surface area contributed by atoms with E-state index < -0.39 is 0 Å². The largest absolute Gasteiger partial charge is 0.310 e. The average Bonchev–Trinajstić information content (AvgIpc) is 3.39. The van der Waals surface area contributed by atoms with Crippen LogP contribution in [0.4, 0.5) is 17.1 Å². The SMILES string of the molecule is CC1(C)c2ccccc2N(c2ccccc2)c2ccc(-c3ccc4c(c3)C(C)(C)c3cccc5c6ccncc6n-4c35)cc21. The van der Waals surface area contributed by atoms with E-state index in [1.807, 2.05) is 12.4 Å². The van der Waals surface area contributed by atoms with Gasteiger partial charge in [0.1, 0.15) is 0 Å². The van der Waals surface area contributed by atoms with E-state index >= 15 is 0 Å². The van der Waals surface area contributed by atoms with Crippen molar-refractivity contribution < 1.29 is 0 Å². The predicted octanol–water partition coefficient (Wildman–Crippen LogP) is 10.6. The van der Waals surface area contributed by atoms with Gasteiger partial charge in [-0.05, 0) is 81.9 Å². The second-order valence-corrected chi connectivity index (χ2v) is 13.3. The van der Waals surface area contributed by atoms with Gasteiger partial charge in [0, 0.05) is 33.5 Å². The number of benzene rings is 5. The molecule has 9 rings (SSSR count). The lowest BCUT2D eigenvalue weighted by Gasteiger charge is -2.42. The lowest BCUT2D eigenvalue weighted by Crippen LogP contribution is -2.30. The Kier molecular flexibility index (Phi) is 5.02. The number of nitrogens with zero attached hydrogens (tertiary/aromatic N) is 3. The van der Waals surface area contributed by atoms with Gasteiger partial charge in [0.25, 0.3) is 0 Å². The van der Waals surface area contributed by atoms with Gasteiger partial charge in [-0.3, -0.25) is 4.98 Å². The Morgan fingerprint density at radius 2 is 1.16 bits per heavy atom. The van der Waals surface area contributed by atoms with Crippen LogP contribution in [0.15, 0.2) is 128 Å². The van der Waals surface area contributed by atoms with Crippen LogP contribution in [0.2, 0.25) is 0 Å². The van der Waals surface area contributed by atoms with Crippen LogP contribution in [-0.4, -0.2) is 9.55 Å². The number of rotatable bonds is 2. The summed E-state index contributed by atoms with van der Waals surface area (Å²) < 4.78 is 2.43. The molecule has 3 heteroatoms. The zero-order chi connectivity index (χ0) is 29.8. The number of fused-ring (bicyclic) bond motifs is 7. The van der Waals surface area contributed by atoms with Gasteiger partial charge in [-0.15, -0.1) is 0 Å². The van der Waals surface area contributed by atoms with Crippen molar-refractivity contribution >= 4 is 38.9 Å². The van der Waals surface area contributed by atoms with E-state index in [4.69, 9.17) is 0 Å².